The zero-order valence-electron chi connectivity index (χ0n) is 14.7. The van der Waals surface area contributed by atoms with E-state index in [1.807, 2.05) is 6.92 Å². The van der Waals surface area contributed by atoms with Gasteiger partial charge in [0, 0.05) is 4.47 Å². The van der Waals surface area contributed by atoms with Gasteiger partial charge in [-0.2, -0.15) is 0 Å². The molecule has 0 spiro atoms. The van der Waals surface area contributed by atoms with E-state index in [0.717, 1.165) is 27.8 Å². The maximum absolute atomic E-state index is 13.0. The Bertz CT molecular complexity index is 1030. The first kappa shape index (κ1) is 21.2. The van der Waals surface area contributed by atoms with E-state index in [-0.39, 0.29) is 5.57 Å². The highest BCUT2D eigenvalue weighted by molar-refractivity contribution is 14.1. The highest BCUT2D eigenvalue weighted by Gasteiger charge is 2.37. The van der Waals surface area contributed by atoms with Crippen molar-refractivity contribution in [2.45, 2.75) is 6.92 Å². The van der Waals surface area contributed by atoms with Crippen molar-refractivity contribution in [3.63, 3.8) is 0 Å². The molecular weight excluding hydrogens is 654 g/mol. The van der Waals surface area contributed by atoms with Crippen molar-refractivity contribution >= 4 is 90.7 Å². The number of urea groups is 1. The van der Waals surface area contributed by atoms with Crippen molar-refractivity contribution < 1.29 is 19.1 Å². The molecule has 144 valence electrons. The number of hydrogen-bond donors (Lipinski definition) is 1. The summed E-state index contributed by atoms with van der Waals surface area (Å²) in [4.78, 5) is 38.6. The van der Waals surface area contributed by atoms with Crippen LogP contribution in [0.15, 0.2) is 40.4 Å². The van der Waals surface area contributed by atoms with Crippen LogP contribution in [0, 0.1) is 14.1 Å². The van der Waals surface area contributed by atoms with Crippen molar-refractivity contribution in [2.75, 3.05) is 12.0 Å². The Kier molecular flexibility index (Phi) is 6.44. The molecule has 1 heterocycles. The molecule has 0 unspecified atom stereocenters. The number of methoxy groups -OCH3 is 1. The molecule has 1 fully saturated rings. The van der Waals surface area contributed by atoms with Gasteiger partial charge >= 0.3 is 6.03 Å². The maximum Gasteiger partial charge on any atom is 0.335 e. The Morgan fingerprint density at radius 2 is 1.75 bits per heavy atom. The number of carbonyl (C=O) groups excluding carboxylic acids is 3. The number of halogens is 3. The van der Waals surface area contributed by atoms with Crippen LogP contribution in [0.2, 0.25) is 0 Å². The first-order valence-electron chi connectivity index (χ1n) is 7.93. The second kappa shape index (κ2) is 8.49. The fourth-order valence-corrected chi connectivity index (χ4v) is 5.19. The lowest BCUT2D eigenvalue weighted by Gasteiger charge is -2.26. The second-order valence-corrected chi connectivity index (χ2v) is 9.09. The molecular formula is C19H13BrI2N2O4. The highest BCUT2D eigenvalue weighted by atomic mass is 127. The van der Waals surface area contributed by atoms with Gasteiger partial charge in [-0.25, -0.2) is 9.69 Å². The van der Waals surface area contributed by atoms with Crippen LogP contribution in [0.25, 0.3) is 6.08 Å². The van der Waals surface area contributed by atoms with Gasteiger partial charge in [-0.05, 0) is 99.6 Å². The predicted molar refractivity (Wildman–Crippen MR) is 126 cm³/mol. The van der Waals surface area contributed by atoms with Gasteiger partial charge in [0.25, 0.3) is 11.8 Å². The summed E-state index contributed by atoms with van der Waals surface area (Å²) >= 11 is 7.65. The first-order chi connectivity index (χ1) is 13.2. The van der Waals surface area contributed by atoms with Crippen LogP contribution in [-0.4, -0.2) is 25.0 Å². The summed E-state index contributed by atoms with van der Waals surface area (Å²) in [6.45, 7) is 1.85. The van der Waals surface area contributed by atoms with Gasteiger partial charge in [0.15, 0.2) is 0 Å². The van der Waals surface area contributed by atoms with E-state index in [9.17, 15) is 14.4 Å². The number of hydrogen-bond acceptors (Lipinski definition) is 4. The zero-order valence-corrected chi connectivity index (χ0v) is 20.6. The van der Waals surface area contributed by atoms with Crippen molar-refractivity contribution in [3.05, 3.63) is 58.6 Å². The summed E-state index contributed by atoms with van der Waals surface area (Å²) in [6, 6.07) is 7.93. The zero-order chi connectivity index (χ0) is 20.6. The number of aryl methyl sites for hydroxylation is 1. The Hall–Kier alpha value is -1.47. The monoisotopic (exact) mass is 666 g/mol. The molecule has 2 aromatic carbocycles. The molecule has 1 saturated heterocycles. The van der Waals surface area contributed by atoms with Crippen LogP contribution in [0.1, 0.15) is 11.1 Å². The van der Waals surface area contributed by atoms with E-state index >= 15 is 0 Å². The third kappa shape index (κ3) is 4.10. The van der Waals surface area contributed by atoms with E-state index in [1.54, 1.807) is 37.4 Å². The fourth-order valence-electron chi connectivity index (χ4n) is 2.68. The van der Waals surface area contributed by atoms with E-state index < -0.39 is 17.8 Å². The summed E-state index contributed by atoms with van der Waals surface area (Å²) in [5.41, 5.74) is 1.80. The molecule has 0 aliphatic carbocycles. The van der Waals surface area contributed by atoms with Gasteiger partial charge in [0.05, 0.1) is 19.9 Å². The normalized spacial score (nSPS) is 15.8. The number of imide groups is 2. The molecule has 1 aliphatic rings. The van der Waals surface area contributed by atoms with Crippen molar-refractivity contribution in [1.82, 2.24) is 5.32 Å². The van der Waals surface area contributed by atoms with Crippen molar-refractivity contribution in [3.8, 4) is 5.75 Å². The largest absolute Gasteiger partial charge is 0.495 e. The predicted octanol–water partition coefficient (Wildman–Crippen LogP) is 4.64. The third-order valence-corrected chi connectivity index (χ3v) is 6.53. The number of carbonyl (C=O) groups is 3. The molecule has 6 nitrogen and oxygen atoms in total. The fraction of sp³-hybridized carbons (Fsp3) is 0.105. The average Bonchev–Trinajstić information content (AvgIpc) is 2.61. The summed E-state index contributed by atoms with van der Waals surface area (Å²) < 4.78 is 7.88. The lowest BCUT2D eigenvalue weighted by atomic mass is 10.1. The van der Waals surface area contributed by atoms with Crippen molar-refractivity contribution in [2.24, 2.45) is 0 Å². The van der Waals surface area contributed by atoms with Crippen LogP contribution in [-0.2, 0) is 9.59 Å². The topological polar surface area (TPSA) is 75.7 Å². The minimum Gasteiger partial charge on any atom is -0.495 e. The molecule has 0 aromatic heterocycles. The molecule has 1 N–H and O–H groups in total. The lowest BCUT2D eigenvalue weighted by molar-refractivity contribution is -0.122. The van der Waals surface area contributed by atoms with Crippen LogP contribution in [0.4, 0.5) is 10.5 Å². The van der Waals surface area contributed by atoms with Gasteiger partial charge in [0.2, 0.25) is 0 Å². The highest BCUT2D eigenvalue weighted by Crippen LogP contribution is 2.30. The Morgan fingerprint density at radius 3 is 2.32 bits per heavy atom. The second-order valence-electron chi connectivity index (χ2n) is 5.91. The van der Waals surface area contributed by atoms with Gasteiger partial charge in [-0.3, -0.25) is 14.9 Å². The Balaban J connectivity index is 2.05. The van der Waals surface area contributed by atoms with Crippen LogP contribution in [0.3, 0.4) is 0 Å². The number of ether oxygens (including phenoxy) is 1. The summed E-state index contributed by atoms with van der Waals surface area (Å²) in [5.74, 6) is -0.665. The molecule has 28 heavy (non-hydrogen) atoms. The maximum atomic E-state index is 13.0. The van der Waals surface area contributed by atoms with Gasteiger partial charge in [-0.1, -0.05) is 15.9 Å². The van der Waals surface area contributed by atoms with E-state index in [4.69, 9.17) is 4.74 Å². The molecule has 0 saturated carbocycles. The van der Waals surface area contributed by atoms with Gasteiger partial charge in [-0.15, -0.1) is 0 Å². The summed E-state index contributed by atoms with van der Waals surface area (Å²) in [7, 11) is 1.58. The molecule has 9 heteroatoms. The minimum atomic E-state index is -0.771. The number of barbiturate groups is 1. The summed E-state index contributed by atoms with van der Waals surface area (Å²) in [6.07, 6.45) is 1.48. The number of nitrogens with one attached hydrogen (secondary N) is 1. The molecule has 0 atom stereocenters. The third-order valence-electron chi connectivity index (χ3n) is 4.04. The Morgan fingerprint density at radius 1 is 1.11 bits per heavy atom. The molecule has 3 rings (SSSR count). The number of amides is 4. The molecule has 4 amide bonds. The number of rotatable bonds is 3. The van der Waals surface area contributed by atoms with Crippen LogP contribution >= 0.6 is 61.1 Å². The smallest absolute Gasteiger partial charge is 0.335 e. The molecule has 2 aromatic rings. The lowest BCUT2D eigenvalue weighted by Crippen LogP contribution is -2.54. The standard InChI is InChI=1S/C19H13BrI2N2O4/c1-9-5-11(3-4-13(9)20)24-18(26)12(17(25)23-19(24)27)6-10-7-14(21)16(28-2)15(22)8-10/h3-8H,1-2H3,(H,23,25,27)/b12-6+. The number of benzene rings is 2. The van der Waals surface area contributed by atoms with Gasteiger partial charge < -0.3 is 4.74 Å². The van der Waals surface area contributed by atoms with E-state index in [1.165, 1.54) is 6.08 Å². The number of nitrogens with zero attached hydrogens (tertiary/aromatic N) is 1. The summed E-state index contributed by atoms with van der Waals surface area (Å²) in [5, 5.41) is 2.23. The van der Waals surface area contributed by atoms with Crippen LogP contribution < -0.4 is 15.0 Å². The number of anilines is 1. The van der Waals surface area contributed by atoms with E-state index in [0.29, 0.717) is 11.3 Å². The van der Waals surface area contributed by atoms with E-state index in [2.05, 4.69) is 66.4 Å². The Labute approximate surface area is 197 Å². The average molecular weight is 667 g/mol. The van der Waals surface area contributed by atoms with Crippen LogP contribution in [0.5, 0.6) is 5.75 Å². The van der Waals surface area contributed by atoms with Crippen molar-refractivity contribution in [1.29, 1.82) is 0 Å². The first-order valence-corrected chi connectivity index (χ1v) is 10.9. The molecule has 1 aliphatic heterocycles. The SMILES string of the molecule is COc1c(I)cc(/C=C2\C(=O)NC(=O)N(c3ccc(Br)c(C)c3)C2=O)cc1I. The quantitative estimate of drug-likeness (QED) is 0.294. The molecule has 0 radical (unpaired) electrons. The minimum absolute atomic E-state index is 0.114. The molecule has 0 bridgehead atoms. The van der Waals surface area contributed by atoms with Gasteiger partial charge in [0.1, 0.15) is 11.3 Å².